The molecule has 0 amide bonds. The second-order valence-corrected chi connectivity index (χ2v) is 11.4. The van der Waals surface area contributed by atoms with Gasteiger partial charge in [0.25, 0.3) is 0 Å². The fourth-order valence-electron chi connectivity index (χ4n) is 3.34. The average molecular weight is 473 g/mol. The van der Waals surface area contributed by atoms with E-state index in [2.05, 4.69) is 15.9 Å². The summed E-state index contributed by atoms with van der Waals surface area (Å²) < 4.78 is 36.1. The average Bonchev–Trinajstić information content (AvgIpc) is 3.09. The van der Waals surface area contributed by atoms with E-state index in [1.807, 2.05) is 18.2 Å². The van der Waals surface area contributed by atoms with Crippen molar-refractivity contribution in [3.63, 3.8) is 0 Å². The number of ether oxygens (including phenoxy) is 2. The van der Waals surface area contributed by atoms with Crippen molar-refractivity contribution in [3.05, 3.63) is 50.6 Å². The molecule has 27 heavy (non-hydrogen) atoms. The van der Waals surface area contributed by atoms with Crippen LogP contribution in [0.5, 0.6) is 5.75 Å². The molecule has 0 unspecified atom stereocenters. The Morgan fingerprint density at radius 3 is 2.52 bits per heavy atom. The first-order valence-corrected chi connectivity index (χ1v) is 11.9. The Morgan fingerprint density at radius 1 is 1.19 bits per heavy atom. The quantitative estimate of drug-likeness (QED) is 0.580. The van der Waals surface area contributed by atoms with Gasteiger partial charge in [-0.15, -0.1) is 11.3 Å². The van der Waals surface area contributed by atoms with Crippen LogP contribution in [0.15, 0.2) is 40.2 Å². The van der Waals surface area contributed by atoms with Crippen LogP contribution in [0.2, 0.25) is 0 Å². The van der Waals surface area contributed by atoms with Crippen LogP contribution in [-0.2, 0) is 30.7 Å². The molecule has 0 bridgehead atoms. The molecule has 3 rings (SSSR count). The van der Waals surface area contributed by atoms with E-state index >= 15 is 0 Å². The second-order valence-electron chi connectivity index (χ2n) is 6.56. The van der Waals surface area contributed by atoms with E-state index in [1.54, 1.807) is 25.3 Å². The van der Waals surface area contributed by atoms with Gasteiger partial charge in [-0.2, -0.15) is 0 Å². The van der Waals surface area contributed by atoms with Crippen molar-refractivity contribution in [1.82, 2.24) is 0 Å². The van der Waals surface area contributed by atoms with E-state index in [9.17, 15) is 13.2 Å². The maximum Gasteiger partial charge on any atom is 0.308 e. The van der Waals surface area contributed by atoms with Gasteiger partial charge in [-0.1, -0.05) is 18.6 Å². The molecule has 8 heteroatoms. The Labute approximate surface area is 171 Å². The molecule has 1 saturated heterocycles. The Bertz CT molecular complexity index is 904. The van der Waals surface area contributed by atoms with Gasteiger partial charge in [0, 0.05) is 4.88 Å². The summed E-state index contributed by atoms with van der Waals surface area (Å²) in [7, 11) is -1.85. The van der Waals surface area contributed by atoms with E-state index in [-0.39, 0.29) is 18.8 Å². The van der Waals surface area contributed by atoms with Crippen LogP contribution in [0.3, 0.4) is 0 Å². The van der Waals surface area contributed by atoms with E-state index in [1.165, 1.54) is 11.3 Å². The normalized spacial score (nSPS) is 21.6. The third-order valence-corrected chi connectivity index (χ3v) is 9.39. The van der Waals surface area contributed by atoms with Crippen LogP contribution in [0.25, 0.3) is 0 Å². The molecule has 0 N–H and O–H groups in total. The Hall–Kier alpha value is -1.38. The molecule has 146 valence electrons. The zero-order valence-corrected chi connectivity index (χ0v) is 18.2. The van der Waals surface area contributed by atoms with E-state index in [0.717, 1.165) is 21.5 Å². The number of carbonyl (C=O) groups is 1. The van der Waals surface area contributed by atoms with E-state index in [0.29, 0.717) is 17.7 Å². The highest BCUT2D eigenvalue weighted by atomic mass is 79.9. The minimum absolute atomic E-state index is 0.104. The fraction of sp³-hybridized carbons (Fsp3) is 0.421. The van der Waals surface area contributed by atoms with Crippen molar-refractivity contribution in [2.24, 2.45) is 0 Å². The SMILES string of the molecule is COc1ccc(COC(=O)C[C@]2(c3ccc(Br)s3)CCCCS2(=O)=O)cc1. The highest BCUT2D eigenvalue weighted by Crippen LogP contribution is 2.46. The molecule has 0 spiro atoms. The summed E-state index contributed by atoms with van der Waals surface area (Å²) in [5.74, 6) is 0.329. The van der Waals surface area contributed by atoms with Gasteiger partial charge in [-0.3, -0.25) is 4.79 Å². The summed E-state index contributed by atoms with van der Waals surface area (Å²) in [6.07, 6.45) is 1.70. The second kappa shape index (κ2) is 8.32. The first-order valence-electron chi connectivity index (χ1n) is 8.63. The Kier molecular flexibility index (Phi) is 6.28. The number of rotatable bonds is 6. The lowest BCUT2D eigenvalue weighted by Gasteiger charge is -2.35. The van der Waals surface area contributed by atoms with Gasteiger partial charge in [0.1, 0.15) is 17.1 Å². The molecule has 1 aromatic carbocycles. The third kappa shape index (κ3) is 4.38. The highest BCUT2D eigenvalue weighted by molar-refractivity contribution is 9.11. The van der Waals surface area contributed by atoms with Gasteiger partial charge >= 0.3 is 5.97 Å². The van der Waals surface area contributed by atoms with Crippen LogP contribution >= 0.6 is 27.3 Å². The molecule has 1 fully saturated rings. The van der Waals surface area contributed by atoms with Crippen molar-refractivity contribution in [3.8, 4) is 5.75 Å². The summed E-state index contributed by atoms with van der Waals surface area (Å²) in [6, 6.07) is 10.8. The molecule has 2 aromatic rings. The van der Waals surface area contributed by atoms with Crippen LogP contribution in [0, 0.1) is 0 Å². The number of hydrogen-bond donors (Lipinski definition) is 0. The summed E-state index contributed by atoms with van der Waals surface area (Å²) in [4.78, 5) is 13.3. The van der Waals surface area contributed by atoms with Crippen molar-refractivity contribution in [2.45, 2.75) is 37.0 Å². The monoisotopic (exact) mass is 472 g/mol. The lowest BCUT2D eigenvalue weighted by Crippen LogP contribution is -2.42. The lowest BCUT2D eigenvalue weighted by molar-refractivity contribution is -0.145. The summed E-state index contributed by atoms with van der Waals surface area (Å²) >= 11 is 4.77. The largest absolute Gasteiger partial charge is 0.497 e. The number of carbonyl (C=O) groups excluding carboxylic acids is 1. The first-order chi connectivity index (χ1) is 12.9. The number of sulfone groups is 1. The number of esters is 1. The van der Waals surface area contributed by atoms with Crippen molar-refractivity contribution in [1.29, 1.82) is 0 Å². The van der Waals surface area contributed by atoms with Crippen LogP contribution in [0.4, 0.5) is 0 Å². The van der Waals surface area contributed by atoms with Gasteiger partial charge in [0.05, 0.1) is 23.1 Å². The number of methoxy groups -OCH3 is 1. The van der Waals surface area contributed by atoms with Crippen molar-refractivity contribution in [2.75, 3.05) is 12.9 Å². The summed E-state index contributed by atoms with van der Waals surface area (Å²) in [6.45, 7) is 0.104. The molecular weight excluding hydrogens is 452 g/mol. The maximum atomic E-state index is 13.0. The van der Waals surface area contributed by atoms with Gasteiger partial charge in [-0.25, -0.2) is 8.42 Å². The lowest BCUT2D eigenvalue weighted by atomic mass is 9.95. The smallest absolute Gasteiger partial charge is 0.308 e. The summed E-state index contributed by atoms with van der Waals surface area (Å²) in [5, 5.41) is 0. The molecular formula is C19H21BrO5S2. The molecule has 5 nitrogen and oxygen atoms in total. The Morgan fingerprint density at radius 2 is 1.93 bits per heavy atom. The molecule has 1 aliphatic heterocycles. The molecule has 0 radical (unpaired) electrons. The minimum atomic E-state index is -3.44. The highest BCUT2D eigenvalue weighted by Gasteiger charge is 2.49. The third-order valence-electron chi connectivity index (χ3n) is 4.85. The van der Waals surface area contributed by atoms with Gasteiger partial charge in [0.2, 0.25) is 0 Å². The molecule has 0 saturated carbocycles. The van der Waals surface area contributed by atoms with E-state index in [4.69, 9.17) is 9.47 Å². The van der Waals surface area contributed by atoms with Gasteiger partial charge < -0.3 is 9.47 Å². The molecule has 2 heterocycles. The first kappa shape index (κ1) is 20.4. The van der Waals surface area contributed by atoms with Crippen LogP contribution in [-0.4, -0.2) is 27.2 Å². The molecule has 1 atom stereocenters. The standard InChI is InChI=1S/C19H21BrO5S2/c1-24-15-6-4-14(5-7-15)13-25-18(21)12-19(16-8-9-17(20)26-16)10-2-3-11-27(19,22)23/h4-9H,2-3,10-13H2,1H3/t19-/m0/s1. The minimum Gasteiger partial charge on any atom is -0.497 e. The van der Waals surface area contributed by atoms with Crippen LogP contribution in [0.1, 0.15) is 36.1 Å². The van der Waals surface area contributed by atoms with Gasteiger partial charge in [0.15, 0.2) is 9.84 Å². The molecule has 1 aromatic heterocycles. The van der Waals surface area contributed by atoms with Gasteiger partial charge in [-0.05, 0) is 58.6 Å². The molecule has 1 aliphatic rings. The summed E-state index contributed by atoms with van der Waals surface area (Å²) in [5.41, 5.74) is 0.823. The zero-order chi connectivity index (χ0) is 19.5. The van der Waals surface area contributed by atoms with Crippen molar-refractivity contribution < 1.29 is 22.7 Å². The zero-order valence-electron chi connectivity index (χ0n) is 14.9. The molecule has 0 aliphatic carbocycles. The predicted octanol–water partition coefficient (Wildman–Crippen LogP) is 4.45. The number of halogens is 1. The van der Waals surface area contributed by atoms with E-state index < -0.39 is 20.6 Å². The number of thiophene rings is 1. The van der Waals surface area contributed by atoms with Crippen molar-refractivity contribution >= 4 is 43.1 Å². The fourth-order valence-corrected chi connectivity index (χ4v) is 7.49. The maximum absolute atomic E-state index is 13.0. The predicted molar refractivity (Wildman–Crippen MR) is 109 cm³/mol. The number of hydrogen-bond acceptors (Lipinski definition) is 6. The number of benzene rings is 1. The Balaban J connectivity index is 1.76. The topological polar surface area (TPSA) is 69.7 Å². The van der Waals surface area contributed by atoms with Crippen LogP contribution < -0.4 is 4.74 Å².